The highest BCUT2D eigenvalue weighted by molar-refractivity contribution is 6.20. The maximum Gasteiger partial charge on any atom is 0.0953 e. The number of rotatable bonds is 1. The Labute approximate surface area is 89.4 Å². The summed E-state index contributed by atoms with van der Waals surface area (Å²) >= 11 is 5.95. The molecular weight excluding hydrogens is 200 g/mol. The summed E-state index contributed by atoms with van der Waals surface area (Å²) < 4.78 is 0. The topological polar surface area (TPSA) is 39.3 Å². The van der Waals surface area contributed by atoms with E-state index in [-0.39, 0.29) is 5.50 Å². The molecule has 3 N–H and O–H groups in total. The van der Waals surface area contributed by atoms with Crippen LogP contribution in [0.4, 0.5) is 0 Å². The first kappa shape index (κ1) is 9.36. The number of halogens is 1. The standard InChI is InChI=1S/C9H17ClN4/c10-8-2-12-9(3-11-8)14-4-6-1-7(5-14)13-6/h6-9,11-13H,1-5H2. The van der Waals surface area contributed by atoms with Gasteiger partial charge in [-0.3, -0.25) is 15.5 Å². The molecule has 4 aliphatic rings. The van der Waals surface area contributed by atoms with E-state index in [1.807, 2.05) is 0 Å². The minimum atomic E-state index is 0.101. The normalized spacial score (nSPS) is 48.6. The Morgan fingerprint density at radius 2 is 1.79 bits per heavy atom. The molecule has 80 valence electrons. The summed E-state index contributed by atoms with van der Waals surface area (Å²) in [4.78, 5) is 2.53. The van der Waals surface area contributed by atoms with Gasteiger partial charge in [0.2, 0.25) is 0 Å². The predicted octanol–water partition coefficient (Wildman–Crippen LogP) is -0.884. The number of nitrogens with one attached hydrogen (secondary N) is 3. The Bertz CT molecular complexity index is 201. The lowest BCUT2D eigenvalue weighted by Crippen LogP contribution is -2.72. The van der Waals surface area contributed by atoms with Crippen LogP contribution >= 0.6 is 11.6 Å². The van der Waals surface area contributed by atoms with Gasteiger partial charge < -0.3 is 5.32 Å². The summed E-state index contributed by atoms with van der Waals surface area (Å²) in [6.45, 7) is 4.20. The minimum Gasteiger partial charge on any atom is -0.309 e. The van der Waals surface area contributed by atoms with Crippen LogP contribution in [0.15, 0.2) is 0 Å². The Morgan fingerprint density at radius 3 is 2.36 bits per heavy atom. The molecule has 4 saturated heterocycles. The number of piperazine rings is 2. The molecule has 2 bridgehead atoms. The smallest absolute Gasteiger partial charge is 0.0953 e. The van der Waals surface area contributed by atoms with E-state index in [1.54, 1.807) is 0 Å². The Balaban J connectivity index is 1.55. The van der Waals surface area contributed by atoms with E-state index >= 15 is 0 Å². The van der Waals surface area contributed by atoms with Crippen LogP contribution in [0, 0.1) is 0 Å². The molecule has 14 heavy (non-hydrogen) atoms. The lowest BCUT2D eigenvalue weighted by atomic mass is 9.91. The molecule has 4 aliphatic heterocycles. The largest absolute Gasteiger partial charge is 0.309 e. The first-order chi connectivity index (χ1) is 6.81. The van der Waals surface area contributed by atoms with Crippen LogP contribution in [-0.2, 0) is 0 Å². The number of alkyl halides is 1. The third-order valence-corrected chi connectivity index (χ3v) is 3.76. The molecule has 4 fully saturated rings. The van der Waals surface area contributed by atoms with E-state index in [9.17, 15) is 0 Å². The van der Waals surface area contributed by atoms with Crippen LogP contribution in [0.1, 0.15) is 6.42 Å². The number of nitrogens with zero attached hydrogens (tertiary/aromatic N) is 1. The second-order valence-electron chi connectivity index (χ2n) is 4.55. The van der Waals surface area contributed by atoms with Crippen LogP contribution < -0.4 is 16.0 Å². The van der Waals surface area contributed by atoms with Crippen molar-refractivity contribution in [2.24, 2.45) is 0 Å². The summed E-state index contributed by atoms with van der Waals surface area (Å²) in [6.07, 6.45) is 1.85. The van der Waals surface area contributed by atoms with Crippen molar-refractivity contribution in [2.75, 3.05) is 26.2 Å². The Kier molecular flexibility index (Phi) is 2.41. The van der Waals surface area contributed by atoms with Crippen LogP contribution in [0.25, 0.3) is 0 Å². The molecule has 0 aliphatic carbocycles. The van der Waals surface area contributed by atoms with Gasteiger partial charge in [0.05, 0.1) is 11.7 Å². The molecule has 4 nitrogen and oxygen atoms in total. The van der Waals surface area contributed by atoms with E-state index in [0.717, 1.165) is 25.2 Å². The van der Waals surface area contributed by atoms with Gasteiger partial charge in [0.25, 0.3) is 0 Å². The van der Waals surface area contributed by atoms with E-state index in [2.05, 4.69) is 20.9 Å². The first-order valence-corrected chi connectivity index (χ1v) is 5.86. The molecule has 0 radical (unpaired) electrons. The fraction of sp³-hybridized carbons (Fsp3) is 1.00. The van der Waals surface area contributed by atoms with Gasteiger partial charge in [-0.05, 0) is 6.42 Å². The van der Waals surface area contributed by atoms with Gasteiger partial charge in [-0.2, -0.15) is 0 Å². The second kappa shape index (κ2) is 3.61. The molecule has 0 saturated carbocycles. The van der Waals surface area contributed by atoms with E-state index in [4.69, 9.17) is 11.6 Å². The first-order valence-electron chi connectivity index (χ1n) is 5.42. The van der Waals surface area contributed by atoms with E-state index < -0.39 is 0 Å². The lowest BCUT2D eigenvalue weighted by molar-refractivity contribution is 0.0279. The van der Waals surface area contributed by atoms with Gasteiger partial charge in [-0.1, -0.05) is 0 Å². The van der Waals surface area contributed by atoms with E-state index in [1.165, 1.54) is 19.5 Å². The molecule has 0 aromatic carbocycles. The third-order valence-electron chi connectivity index (χ3n) is 3.46. The van der Waals surface area contributed by atoms with Gasteiger partial charge in [0.1, 0.15) is 0 Å². The molecule has 5 heteroatoms. The van der Waals surface area contributed by atoms with Gasteiger partial charge in [0.15, 0.2) is 0 Å². The fourth-order valence-electron chi connectivity index (χ4n) is 2.68. The third kappa shape index (κ3) is 1.66. The summed E-state index contributed by atoms with van der Waals surface area (Å²) in [5.41, 5.74) is 0.101. The maximum absolute atomic E-state index is 5.95. The van der Waals surface area contributed by atoms with Crippen molar-refractivity contribution in [1.82, 2.24) is 20.9 Å². The molecule has 0 aromatic heterocycles. The van der Waals surface area contributed by atoms with Crippen molar-refractivity contribution in [3.8, 4) is 0 Å². The highest BCUT2D eigenvalue weighted by atomic mass is 35.5. The molecular formula is C9H17ClN4. The average Bonchev–Trinajstić information content (AvgIpc) is 2.18. The summed E-state index contributed by atoms with van der Waals surface area (Å²) in [7, 11) is 0. The van der Waals surface area contributed by atoms with Crippen LogP contribution in [-0.4, -0.2) is 54.8 Å². The van der Waals surface area contributed by atoms with Gasteiger partial charge in [-0.25, -0.2) is 0 Å². The van der Waals surface area contributed by atoms with Gasteiger partial charge in [-0.15, -0.1) is 11.6 Å². The van der Waals surface area contributed by atoms with Gasteiger partial charge in [0, 0.05) is 38.3 Å². The molecule has 0 spiro atoms. The molecule has 4 atom stereocenters. The number of fused-ring (bicyclic) bond motifs is 2. The van der Waals surface area contributed by atoms with Crippen molar-refractivity contribution in [2.45, 2.75) is 30.2 Å². The summed E-state index contributed by atoms with van der Waals surface area (Å²) in [5, 5.41) is 10.3. The van der Waals surface area contributed by atoms with E-state index in [0.29, 0.717) is 6.17 Å². The monoisotopic (exact) mass is 216 g/mol. The zero-order valence-electron chi connectivity index (χ0n) is 8.17. The van der Waals surface area contributed by atoms with Crippen LogP contribution in [0.5, 0.6) is 0 Å². The number of hydrogen-bond donors (Lipinski definition) is 3. The van der Waals surface area contributed by atoms with Crippen molar-refractivity contribution in [3.05, 3.63) is 0 Å². The average molecular weight is 217 g/mol. The lowest BCUT2D eigenvalue weighted by Gasteiger charge is -2.51. The maximum atomic E-state index is 5.95. The zero-order valence-corrected chi connectivity index (χ0v) is 8.93. The Morgan fingerprint density at radius 1 is 1.07 bits per heavy atom. The molecule has 0 aromatic rings. The predicted molar refractivity (Wildman–Crippen MR) is 56.3 cm³/mol. The molecule has 4 unspecified atom stereocenters. The summed E-state index contributed by atoms with van der Waals surface area (Å²) in [5.74, 6) is 0. The summed E-state index contributed by atoms with van der Waals surface area (Å²) in [6, 6.07) is 1.48. The van der Waals surface area contributed by atoms with Crippen molar-refractivity contribution in [3.63, 3.8) is 0 Å². The number of hydrogen-bond acceptors (Lipinski definition) is 4. The second-order valence-corrected chi connectivity index (χ2v) is 5.08. The zero-order chi connectivity index (χ0) is 9.54. The van der Waals surface area contributed by atoms with Crippen molar-refractivity contribution < 1.29 is 0 Å². The molecule has 0 amide bonds. The van der Waals surface area contributed by atoms with Crippen LogP contribution in [0.3, 0.4) is 0 Å². The highest BCUT2D eigenvalue weighted by Crippen LogP contribution is 2.22. The fourth-order valence-corrected chi connectivity index (χ4v) is 2.86. The number of piperidine rings is 1. The molecule has 4 heterocycles. The van der Waals surface area contributed by atoms with Crippen LogP contribution in [0.2, 0.25) is 0 Å². The quantitative estimate of drug-likeness (QED) is 0.393. The van der Waals surface area contributed by atoms with Gasteiger partial charge >= 0.3 is 0 Å². The SMILES string of the molecule is ClC1CNC(N2CC3CC(C2)N3)CN1. The van der Waals surface area contributed by atoms with Crippen molar-refractivity contribution in [1.29, 1.82) is 0 Å². The minimum absolute atomic E-state index is 0.101. The van der Waals surface area contributed by atoms with Crippen molar-refractivity contribution >= 4 is 11.6 Å². The molecule has 4 rings (SSSR count). The Hall–Kier alpha value is 0.130. The highest BCUT2D eigenvalue weighted by Gasteiger charge is 2.39.